The van der Waals surface area contributed by atoms with E-state index in [4.69, 9.17) is 16.7 Å². The van der Waals surface area contributed by atoms with E-state index in [0.717, 1.165) is 11.1 Å². The molecule has 0 spiro atoms. The van der Waals surface area contributed by atoms with Crippen LogP contribution in [0, 0.1) is 6.92 Å². The minimum atomic E-state index is -0.994. The maximum Gasteiger partial charge on any atom is 0.337 e. The van der Waals surface area contributed by atoms with Crippen molar-refractivity contribution in [1.82, 2.24) is 0 Å². The van der Waals surface area contributed by atoms with Gasteiger partial charge in [0.2, 0.25) is 0 Å². The van der Waals surface area contributed by atoms with E-state index >= 15 is 0 Å². The molecule has 106 valence electrons. The van der Waals surface area contributed by atoms with Crippen LogP contribution in [0.25, 0.3) is 0 Å². The minimum Gasteiger partial charge on any atom is -0.478 e. The zero-order chi connectivity index (χ0) is 15.1. The number of carbonyl (C=O) groups is 1. The van der Waals surface area contributed by atoms with Gasteiger partial charge in [-0.3, -0.25) is 0 Å². The Hall–Kier alpha value is -1.80. The van der Waals surface area contributed by atoms with Crippen LogP contribution in [0.1, 0.15) is 40.9 Å². The molecule has 0 saturated heterocycles. The van der Waals surface area contributed by atoms with Gasteiger partial charge in [0.15, 0.2) is 0 Å². The molecule has 3 heteroatoms. The molecule has 0 amide bonds. The Morgan fingerprint density at radius 3 is 2.35 bits per heavy atom. The topological polar surface area (TPSA) is 37.3 Å². The molecule has 0 heterocycles. The Morgan fingerprint density at radius 2 is 1.75 bits per heavy atom. The van der Waals surface area contributed by atoms with Crippen LogP contribution >= 0.6 is 11.6 Å². The summed E-state index contributed by atoms with van der Waals surface area (Å²) in [5.74, 6) is -0.994. The fraction of sp³-hybridized carbons (Fsp3) is 0.235. The van der Waals surface area contributed by atoms with Crippen LogP contribution in [-0.4, -0.2) is 11.1 Å². The first kappa shape index (κ1) is 16.3. The van der Waals surface area contributed by atoms with Gasteiger partial charge in [-0.05, 0) is 36.6 Å². The molecule has 0 atom stereocenters. The second-order valence-electron chi connectivity index (χ2n) is 4.29. The number of carboxylic acid groups (broad SMARTS) is 1. The summed E-state index contributed by atoms with van der Waals surface area (Å²) in [6, 6.07) is 13.3. The quantitative estimate of drug-likeness (QED) is 0.867. The molecule has 0 aliphatic carbocycles. The number of hydrogen-bond acceptors (Lipinski definition) is 1. The fourth-order valence-electron chi connectivity index (χ4n) is 1.90. The summed E-state index contributed by atoms with van der Waals surface area (Å²) in [6.07, 6.45) is 0.707. The number of rotatable bonds is 3. The lowest BCUT2D eigenvalue weighted by Crippen LogP contribution is -1.99. The third kappa shape index (κ3) is 4.39. The van der Waals surface area contributed by atoms with Crippen molar-refractivity contribution >= 4 is 17.6 Å². The first-order valence-electron chi connectivity index (χ1n) is 6.63. The second kappa shape index (κ2) is 7.71. The van der Waals surface area contributed by atoms with Crippen molar-refractivity contribution in [2.24, 2.45) is 0 Å². The molecule has 2 rings (SSSR count). The normalized spacial score (nSPS) is 9.60. The molecular formula is C17H19ClO2. The van der Waals surface area contributed by atoms with E-state index < -0.39 is 5.97 Å². The largest absolute Gasteiger partial charge is 0.478 e. The van der Waals surface area contributed by atoms with Crippen molar-refractivity contribution in [3.8, 4) is 0 Å². The zero-order valence-electron chi connectivity index (χ0n) is 12.0. The third-order valence-electron chi connectivity index (χ3n) is 2.75. The van der Waals surface area contributed by atoms with Gasteiger partial charge >= 0.3 is 5.97 Å². The predicted molar refractivity (Wildman–Crippen MR) is 83.7 cm³/mol. The van der Waals surface area contributed by atoms with Crippen molar-refractivity contribution in [3.05, 3.63) is 69.7 Å². The highest BCUT2D eigenvalue weighted by Gasteiger charge is 2.09. The summed E-state index contributed by atoms with van der Waals surface area (Å²) in [4.78, 5) is 11.0. The Kier molecular flexibility index (Phi) is 6.26. The van der Waals surface area contributed by atoms with Gasteiger partial charge in [-0.25, -0.2) is 4.79 Å². The van der Waals surface area contributed by atoms with E-state index in [2.05, 4.69) is 6.07 Å². The molecule has 0 bridgehead atoms. The van der Waals surface area contributed by atoms with Gasteiger partial charge in [-0.15, -0.1) is 0 Å². The standard InChI is InChI=1S/C15H13ClO2.C2H6/c1-10-3-2-4-11(7-10)8-12-5-6-14(16)13(9-12)15(17)18;1-2/h2-7,9H,8H2,1H3,(H,17,18);1-2H3. The van der Waals surface area contributed by atoms with Crippen LogP contribution in [0.2, 0.25) is 5.02 Å². The average molecular weight is 291 g/mol. The summed E-state index contributed by atoms with van der Waals surface area (Å²) in [5, 5.41) is 9.29. The molecule has 2 aromatic rings. The number of aromatic carboxylic acids is 1. The molecule has 0 aliphatic heterocycles. The highest BCUT2D eigenvalue weighted by atomic mass is 35.5. The first-order valence-corrected chi connectivity index (χ1v) is 7.01. The monoisotopic (exact) mass is 290 g/mol. The van der Waals surface area contributed by atoms with Gasteiger partial charge < -0.3 is 5.11 Å². The smallest absolute Gasteiger partial charge is 0.337 e. The van der Waals surface area contributed by atoms with Crippen LogP contribution in [0.4, 0.5) is 0 Å². The van der Waals surface area contributed by atoms with Crippen LogP contribution in [0.15, 0.2) is 42.5 Å². The van der Waals surface area contributed by atoms with E-state index in [9.17, 15) is 4.79 Å². The van der Waals surface area contributed by atoms with Crippen LogP contribution < -0.4 is 0 Å². The van der Waals surface area contributed by atoms with Crippen molar-refractivity contribution in [2.45, 2.75) is 27.2 Å². The first-order chi connectivity index (χ1) is 9.56. The molecule has 0 fully saturated rings. The highest BCUT2D eigenvalue weighted by molar-refractivity contribution is 6.33. The number of aryl methyl sites for hydroxylation is 1. The number of benzene rings is 2. The molecule has 0 saturated carbocycles. The molecule has 0 aromatic heterocycles. The molecule has 0 radical (unpaired) electrons. The van der Waals surface area contributed by atoms with Gasteiger partial charge in [0.1, 0.15) is 0 Å². The van der Waals surface area contributed by atoms with Crippen molar-refractivity contribution in [3.63, 3.8) is 0 Å². The lowest BCUT2D eigenvalue weighted by molar-refractivity contribution is 0.0697. The van der Waals surface area contributed by atoms with Gasteiger partial charge in [0, 0.05) is 0 Å². The Balaban J connectivity index is 0.000000956. The number of halogens is 1. The van der Waals surface area contributed by atoms with Gasteiger partial charge in [0.05, 0.1) is 10.6 Å². The Labute approximate surface area is 125 Å². The average Bonchev–Trinajstić information content (AvgIpc) is 2.43. The molecule has 2 aromatic carbocycles. The summed E-state index contributed by atoms with van der Waals surface area (Å²) in [7, 11) is 0. The van der Waals surface area contributed by atoms with Gasteiger partial charge in [0.25, 0.3) is 0 Å². The lowest BCUT2D eigenvalue weighted by Gasteiger charge is -2.05. The Bertz CT molecular complexity index is 591. The predicted octanol–water partition coefficient (Wildman–Crippen LogP) is 4.96. The Morgan fingerprint density at radius 1 is 1.10 bits per heavy atom. The van der Waals surface area contributed by atoms with Crippen molar-refractivity contribution < 1.29 is 9.90 Å². The van der Waals surface area contributed by atoms with Crippen molar-refractivity contribution in [2.75, 3.05) is 0 Å². The van der Waals surface area contributed by atoms with Gasteiger partial charge in [-0.2, -0.15) is 0 Å². The minimum absolute atomic E-state index is 0.154. The lowest BCUT2D eigenvalue weighted by atomic mass is 10.0. The molecule has 20 heavy (non-hydrogen) atoms. The molecule has 2 nitrogen and oxygen atoms in total. The summed E-state index contributed by atoms with van der Waals surface area (Å²) in [5.41, 5.74) is 3.46. The number of hydrogen-bond donors (Lipinski definition) is 1. The highest BCUT2D eigenvalue weighted by Crippen LogP contribution is 2.20. The van der Waals surface area contributed by atoms with Crippen LogP contribution in [0.3, 0.4) is 0 Å². The molecule has 0 unspecified atom stereocenters. The molecule has 1 N–H and O–H groups in total. The zero-order valence-corrected chi connectivity index (χ0v) is 12.7. The van der Waals surface area contributed by atoms with Crippen LogP contribution in [0.5, 0.6) is 0 Å². The molecular weight excluding hydrogens is 272 g/mol. The van der Waals surface area contributed by atoms with Crippen molar-refractivity contribution in [1.29, 1.82) is 0 Å². The number of carboxylic acids is 1. The summed E-state index contributed by atoms with van der Waals surface area (Å²) in [6.45, 7) is 6.04. The molecule has 0 aliphatic rings. The van der Waals surface area contributed by atoms with E-state index in [1.54, 1.807) is 12.1 Å². The maximum atomic E-state index is 11.0. The summed E-state index contributed by atoms with van der Waals surface area (Å²) < 4.78 is 0. The van der Waals surface area contributed by atoms with E-state index in [1.165, 1.54) is 5.56 Å². The SMILES string of the molecule is CC.Cc1cccc(Cc2ccc(Cl)c(C(=O)O)c2)c1. The third-order valence-corrected chi connectivity index (χ3v) is 3.08. The van der Waals surface area contributed by atoms with Gasteiger partial charge in [-0.1, -0.05) is 61.3 Å². The second-order valence-corrected chi connectivity index (χ2v) is 4.69. The summed E-state index contributed by atoms with van der Waals surface area (Å²) >= 11 is 5.84. The fourth-order valence-corrected chi connectivity index (χ4v) is 2.10. The van der Waals surface area contributed by atoms with E-state index in [0.29, 0.717) is 6.42 Å². The van der Waals surface area contributed by atoms with E-state index in [-0.39, 0.29) is 10.6 Å². The van der Waals surface area contributed by atoms with Crippen LogP contribution in [-0.2, 0) is 6.42 Å². The maximum absolute atomic E-state index is 11.0. The van der Waals surface area contributed by atoms with E-state index in [1.807, 2.05) is 45.0 Å².